The van der Waals surface area contributed by atoms with Crippen LogP contribution >= 0.6 is 0 Å². The number of unbranched alkanes of at least 4 members (excludes halogenated alkanes) is 1. The Morgan fingerprint density at radius 2 is 2.33 bits per heavy atom. The first-order valence-electron chi connectivity index (χ1n) is 4.39. The van der Waals surface area contributed by atoms with Gasteiger partial charge in [0.25, 0.3) is 0 Å². The minimum atomic E-state index is -0.311. The van der Waals surface area contributed by atoms with Crippen molar-refractivity contribution in [3.05, 3.63) is 0 Å². The van der Waals surface area contributed by atoms with Crippen LogP contribution in [-0.4, -0.2) is 24.8 Å². The predicted molar refractivity (Wildman–Crippen MR) is 44.8 cm³/mol. The molecule has 0 aliphatic carbocycles. The zero-order valence-electron chi connectivity index (χ0n) is 7.92. The maximum Gasteiger partial charge on any atom is 0.338 e. The largest absolute Gasteiger partial charge is 0.467 e. The summed E-state index contributed by atoms with van der Waals surface area (Å²) in [5.74, 6) is -0.242. The number of rotatable bonds is 4. The van der Waals surface area contributed by atoms with E-state index in [-0.39, 0.29) is 17.7 Å². The molecule has 0 N–H and O–H groups in total. The Hall–Kier alpha value is -0.570. The van der Waals surface area contributed by atoms with E-state index in [1.54, 1.807) is 0 Å². The van der Waals surface area contributed by atoms with Gasteiger partial charge in [0.05, 0.1) is 7.11 Å². The van der Waals surface area contributed by atoms with E-state index in [4.69, 9.17) is 4.74 Å². The summed E-state index contributed by atoms with van der Waals surface area (Å²) in [5, 5.41) is 0. The number of methoxy groups -OCH3 is 1. The van der Waals surface area contributed by atoms with Crippen molar-refractivity contribution < 1.29 is 14.3 Å². The molecule has 0 amide bonds. The van der Waals surface area contributed by atoms with Crippen molar-refractivity contribution in [2.24, 2.45) is 0 Å². The molecule has 2 atom stereocenters. The lowest BCUT2D eigenvalue weighted by molar-refractivity contribution is -0.142. The zero-order valence-corrected chi connectivity index (χ0v) is 7.92. The Balaban J connectivity index is 2.32. The summed E-state index contributed by atoms with van der Waals surface area (Å²) in [6.07, 6.45) is 2.87. The lowest BCUT2D eigenvalue weighted by atomic mass is 10.0. The van der Waals surface area contributed by atoms with E-state index < -0.39 is 0 Å². The van der Waals surface area contributed by atoms with E-state index in [9.17, 15) is 4.79 Å². The van der Waals surface area contributed by atoms with Crippen LogP contribution in [0.1, 0.15) is 33.1 Å². The predicted octanol–water partition coefficient (Wildman–Crippen LogP) is 1.51. The number of esters is 1. The molecular weight excluding hydrogens is 156 g/mol. The van der Waals surface area contributed by atoms with Crippen molar-refractivity contribution in [2.45, 2.75) is 44.8 Å². The van der Waals surface area contributed by atoms with Crippen LogP contribution < -0.4 is 0 Å². The van der Waals surface area contributed by atoms with Gasteiger partial charge in [0, 0.05) is 0 Å². The molecule has 0 aromatic carbocycles. The summed E-state index contributed by atoms with van der Waals surface area (Å²) < 4.78 is 9.87. The molecule has 2 unspecified atom stereocenters. The summed E-state index contributed by atoms with van der Waals surface area (Å²) in [7, 11) is 1.39. The van der Waals surface area contributed by atoms with E-state index in [0.717, 1.165) is 19.3 Å². The topological polar surface area (TPSA) is 38.8 Å². The highest BCUT2D eigenvalue weighted by Gasteiger charge is 2.57. The van der Waals surface area contributed by atoms with Crippen LogP contribution in [0.25, 0.3) is 0 Å². The Bertz CT molecular complexity index is 179. The molecule has 0 radical (unpaired) electrons. The van der Waals surface area contributed by atoms with Gasteiger partial charge in [-0.1, -0.05) is 19.8 Å². The second kappa shape index (κ2) is 3.44. The standard InChI is InChI=1S/C9H16O3/c1-4-5-6-9(2)7(12-9)8(10)11-3/h7H,4-6H2,1-3H3. The summed E-state index contributed by atoms with van der Waals surface area (Å²) in [4.78, 5) is 11.0. The smallest absolute Gasteiger partial charge is 0.338 e. The highest BCUT2D eigenvalue weighted by Crippen LogP contribution is 2.41. The van der Waals surface area contributed by atoms with Gasteiger partial charge in [-0.3, -0.25) is 0 Å². The van der Waals surface area contributed by atoms with Crippen molar-refractivity contribution in [3.63, 3.8) is 0 Å². The molecule has 1 rings (SSSR count). The molecule has 1 aliphatic rings. The van der Waals surface area contributed by atoms with Gasteiger partial charge in [-0.05, 0) is 13.3 Å². The van der Waals surface area contributed by atoms with E-state index in [0.29, 0.717) is 0 Å². The Morgan fingerprint density at radius 3 is 2.83 bits per heavy atom. The molecule has 1 saturated heterocycles. The van der Waals surface area contributed by atoms with Crippen LogP contribution in [0.3, 0.4) is 0 Å². The molecule has 12 heavy (non-hydrogen) atoms. The van der Waals surface area contributed by atoms with Gasteiger partial charge in [-0.2, -0.15) is 0 Å². The molecule has 1 heterocycles. The number of carbonyl (C=O) groups is 1. The molecule has 70 valence electrons. The van der Waals surface area contributed by atoms with Crippen molar-refractivity contribution >= 4 is 5.97 Å². The maximum atomic E-state index is 11.0. The van der Waals surface area contributed by atoms with Crippen LogP contribution in [0.4, 0.5) is 0 Å². The Kier molecular flexibility index (Phi) is 2.73. The molecule has 0 aromatic heterocycles. The summed E-state index contributed by atoms with van der Waals surface area (Å²) >= 11 is 0. The van der Waals surface area contributed by atoms with Gasteiger partial charge in [-0.25, -0.2) is 4.79 Å². The Morgan fingerprint density at radius 1 is 1.67 bits per heavy atom. The monoisotopic (exact) mass is 172 g/mol. The van der Waals surface area contributed by atoms with Crippen LogP contribution in [0.5, 0.6) is 0 Å². The van der Waals surface area contributed by atoms with Crippen molar-refractivity contribution in [2.75, 3.05) is 7.11 Å². The lowest BCUT2D eigenvalue weighted by Gasteiger charge is -2.02. The maximum absolute atomic E-state index is 11.0. The summed E-state index contributed by atoms with van der Waals surface area (Å²) in [5.41, 5.74) is -0.233. The van der Waals surface area contributed by atoms with Crippen LogP contribution in [0.2, 0.25) is 0 Å². The molecule has 1 aliphatic heterocycles. The average Bonchev–Trinajstić information content (AvgIpc) is 2.74. The molecule has 0 spiro atoms. The van der Waals surface area contributed by atoms with Gasteiger partial charge in [-0.15, -0.1) is 0 Å². The van der Waals surface area contributed by atoms with Crippen LogP contribution in [0, 0.1) is 0 Å². The van der Waals surface area contributed by atoms with Gasteiger partial charge in [0.1, 0.15) is 5.60 Å². The third-order valence-electron chi connectivity index (χ3n) is 2.33. The summed E-state index contributed by atoms with van der Waals surface area (Å²) in [6, 6.07) is 0. The SMILES string of the molecule is CCCCC1(C)OC1C(=O)OC. The fourth-order valence-electron chi connectivity index (χ4n) is 1.36. The van der Waals surface area contributed by atoms with Gasteiger partial charge < -0.3 is 9.47 Å². The molecule has 3 heteroatoms. The number of epoxide rings is 1. The molecule has 0 saturated carbocycles. The number of hydrogen-bond acceptors (Lipinski definition) is 3. The fourth-order valence-corrected chi connectivity index (χ4v) is 1.36. The van der Waals surface area contributed by atoms with Gasteiger partial charge >= 0.3 is 5.97 Å². The second-order valence-corrected chi connectivity index (χ2v) is 3.44. The number of carbonyl (C=O) groups excluding carboxylic acids is 1. The normalized spacial score (nSPS) is 33.1. The van der Waals surface area contributed by atoms with E-state index in [2.05, 4.69) is 11.7 Å². The lowest BCUT2D eigenvalue weighted by Crippen LogP contribution is -2.18. The summed E-state index contributed by atoms with van der Waals surface area (Å²) in [6.45, 7) is 4.09. The third-order valence-corrected chi connectivity index (χ3v) is 2.33. The first kappa shape index (κ1) is 9.52. The van der Waals surface area contributed by atoms with E-state index in [1.165, 1.54) is 7.11 Å². The van der Waals surface area contributed by atoms with Crippen molar-refractivity contribution in [1.29, 1.82) is 0 Å². The zero-order chi connectivity index (χ0) is 9.19. The van der Waals surface area contributed by atoms with Gasteiger partial charge in [0.15, 0.2) is 6.10 Å². The molecule has 0 bridgehead atoms. The number of hydrogen-bond donors (Lipinski definition) is 0. The molecule has 1 fully saturated rings. The minimum absolute atomic E-state index is 0.233. The van der Waals surface area contributed by atoms with E-state index in [1.807, 2.05) is 6.92 Å². The third kappa shape index (κ3) is 1.78. The van der Waals surface area contributed by atoms with Crippen molar-refractivity contribution in [3.8, 4) is 0 Å². The van der Waals surface area contributed by atoms with Crippen LogP contribution in [0.15, 0.2) is 0 Å². The average molecular weight is 172 g/mol. The first-order valence-corrected chi connectivity index (χ1v) is 4.39. The van der Waals surface area contributed by atoms with E-state index >= 15 is 0 Å². The van der Waals surface area contributed by atoms with Gasteiger partial charge in [0.2, 0.25) is 0 Å². The minimum Gasteiger partial charge on any atom is -0.467 e. The highest BCUT2D eigenvalue weighted by molar-refractivity contribution is 5.79. The van der Waals surface area contributed by atoms with Crippen molar-refractivity contribution in [1.82, 2.24) is 0 Å². The quantitative estimate of drug-likeness (QED) is 0.476. The molecular formula is C9H16O3. The van der Waals surface area contributed by atoms with Crippen LogP contribution in [-0.2, 0) is 14.3 Å². The Labute approximate surface area is 73.0 Å². The number of ether oxygens (including phenoxy) is 2. The molecule has 3 nitrogen and oxygen atoms in total. The molecule has 0 aromatic rings. The fraction of sp³-hybridized carbons (Fsp3) is 0.889. The highest BCUT2D eigenvalue weighted by atomic mass is 16.6. The first-order chi connectivity index (χ1) is 5.64. The second-order valence-electron chi connectivity index (χ2n) is 3.44.